The molecule has 0 aliphatic carbocycles. The number of hydrogen-bond acceptors (Lipinski definition) is 3. The molecule has 0 unspecified atom stereocenters. The van der Waals surface area contributed by atoms with Gasteiger partial charge in [0.25, 0.3) is 5.91 Å². The molecular weight excluding hydrogens is 374 g/mol. The van der Waals surface area contributed by atoms with E-state index in [1.54, 1.807) is 68.6 Å². The predicted molar refractivity (Wildman–Crippen MR) is 111 cm³/mol. The predicted octanol–water partition coefficient (Wildman–Crippen LogP) is 4.42. The van der Waals surface area contributed by atoms with E-state index in [9.17, 15) is 9.59 Å². The highest BCUT2D eigenvalue weighted by molar-refractivity contribution is 6.33. The third kappa shape index (κ3) is 4.05. The van der Waals surface area contributed by atoms with Crippen molar-refractivity contribution < 1.29 is 9.59 Å². The Bertz CT molecular complexity index is 1010. The molecule has 3 N–H and O–H groups in total. The van der Waals surface area contributed by atoms with Crippen LogP contribution in [-0.4, -0.2) is 16.8 Å². The lowest BCUT2D eigenvalue weighted by Crippen LogP contribution is -2.35. The van der Waals surface area contributed by atoms with Gasteiger partial charge in [0.05, 0.1) is 16.1 Å². The van der Waals surface area contributed by atoms with Crippen molar-refractivity contribution in [2.75, 3.05) is 5.32 Å². The van der Waals surface area contributed by atoms with E-state index < -0.39 is 11.3 Å². The first kappa shape index (κ1) is 19.6. The van der Waals surface area contributed by atoms with Gasteiger partial charge in [0.2, 0.25) is 5.91 Å². The molecule has 0 saturated heterocycles. The molecule has 0 fully saturated rings. The van der Waals surface area contributed by atoms with Gasteiger partial charge >= 0.3 is 0 Å². The summed E-state index contributed by atoms with van der Waals surface area (Å²) in [5, 5.41) is 3.39. The van der Waals surface area contributed by atoms with Gasteiger partial charge in [0.1, 0.15) is 0 Å². The number of amides is 2. The van der Waals surface area contributed by atoms with E-state index in [1.807, 2.05) is 12.1 Å². The van der Waals surface area contributed by atoms with Crippen LogP contribution in [-0.2, 0) is 10.2 Å². The van der Waals surface area contributed by atoms with E-state index in [4.69, 9.17) is 17.3 Å². The number of rotatable bonds is 5. The highest BCUT2D eigenvalue weighted by atomic mass is 35.5. The minimum Gasteiger partial charge on any atom is -0.369 e. The molecule has 5 nitrogen and oxygen atoms in total. The fraction of sp³-hybridized carbons (Fsp3) is 0.136. The Balaban J connectivity index is 1.73. The van der Waals surface area contributed by atoms with Crippen molar-refractivity contribution in [3.8, 4) is 11.3 Å². The summed E-state index contributed by atoms with van der Waals surface area (Å²) < 4.78 is 0. The number of carbonyl (C=O) groups excluding carboxylic acids is 2. The summed E-state index contributed by atoms with van der Waals surface area (Å²) >= 11 is 6.16. The Morgan fingerprint density at radius 1 is 1.00 bits per heavy atom. The number of nitrogens with one attached hydrogen (secondary N) is 1. The Morgan fingerprint density at radius 3 is 2.21 bits per heavy atom. The van der Waals surface area contributed by atoms with Gasteiger partial charge in [-0.25, -0.2) is 0 Å². The molecule has 0 aliphatic rings. The van der Waals surface area contributed by atoms with Gasteiger partial charge in [-0.2, -0.15) is 0 Å². The maximum Gasteiger partial charge on any atom is 0.255 e. The number of aromatic nitrogens is 1. The summed E-state index contributed by atoms with van der Waals surface area (Å²) in [6.07, 6.45) is 1.67. The lowest BCUT2D eigenvalue weighted by Gasteiger charge is -2.21. The second kappa shape index (κ2) is 7.82. The summed E-state index contributed by atoms with van der Waals surface area (Å²) in [5.41, 5.74) is 8.10. The molecule has 2 aromatic carbocycles. The van der Waals surface area contributed by atoms with Crippen LogP contribution < -0.4 is 11.1 Å². The first-order valence-corrected chi connectivity index (χ1v) is 9.09. The molecule has 0 radical (unpaired) electrons. The second-order valence-electron chi connectivity index (χ2n) is 6.93. The summed E-state index contributed by atoms with van der Waals surface area (Å²) in [6, 6.07) is 17.7. The van der Waals surface area contributed by atoms with E-state index in [0.717, 1.165) is 11.1 Å². The van der Waals surface area contributed by atoms with Crippen molar-refractivity contribution in [3.63, 3.8) is 0 Å². The Hall–Kier alpha value is -3.18. The molecule has 0 aliphatic heterocycles. The average Bonchev–Trinajstić information content (AvgIpc) is 2.69. The first-order valence-electron chi connectivity index (χ1n) is 8.72. The lowest BCUT2D eigenvalue weighted by molar-refractivity contribution is -0.122. The molecule has 2 amide bonds. The van der Waals surface area contributed by atoms with E-state index in [2.05, 4.69) is 10.3 Å². The van der Waals surface area contributed by atoms with E-state index in [1.165, 1.54) is 0 Å². The minimum absolute atomic E-state index is 0.236. The van der Waals surface area contributed by atoms with Crippen LogP contribution in [0, 0.1) is 0 Å². The van der Waals surface area contributed by atoms with Gasteiger partial charge in [0.15, 0.2) is 0 Å². The van der Waals surface area contributed by atoms with E-state index in [0.29, 0.717) is 22.0 Å². The largest absolute Gasteiger partial charge is 0.369 e. The molecule has 142 valence electrons. The van der Waals surface area contributed by atoms with Gasteiger partial charge in [0, 0.05) is 23.0 Å². The van der Waals surface area contributed by atoms with Crippen LogP contribution in [0.4, 0.5) is 5.69 Å². The van der Waals surface area contributed by atoms with Crippen molar-refractivity contribution in [2.45, 2.75) is 19.3 Å². The maximum atomic E-state index is 12.5. The van der Waals surface area contributed by atoms with Crippen LogP contribution in [0.5, 0.6) is 0 Å². The minimum atomic E-state index is -0.773. The van der Waals surface area contributed by atoms with Crippen LogP contribution in [0.2, 0.25) is 5.02 Å². The second-order valence-corrected chi connectivity index (χ2v) is 7.34. The van der Waals surface area contributed by atoms with E-state index in [-0.39, 0.29) is 5.91 Å². The standard InChI is InChI=1S/C22H20ClN3O2/c1-22(2,21(24)28)16-9-11-17(12-10-16)26-20(27)15-7-5-14(6-8-15)19-18(23)4-3-13-25-19/h3-13H,1-2H3,(H2,24,28)(H,26,27). The molecule has 3 aromatic rings. The number of anilines is 1. The van der Waals surface area contributed by atoms with Crippen LogP contribution in [0.1, 0.15) is 29.8 Å². The fourth-order valence-corrected chi connectivity index (χ4v) is 2.92. The zero-order valence-electron chi connectivity index (χ0n) is 15.6. The third-order valence-electron chi connectivity index (χ3n) is 4.66. The Kier molecular flexibility index (Phi) is 5.47. The number of benzene rings is 2. The molecule has 1 aromatic heterocycles. The van der Waals surface area contributed by atoms with Gasteiger partial charge in [-0.1, -0.05) is 35.9 Å². The maximum absolute atomic E-state index is 12.5. The van der Waals surface area contributed by atoms with Crippen molar-refractivity contribution in [1.29, 1.82) is 0 Å². The highest BCUT2D eigenvalue weighted by Gasteiger charge is 2.27. The lowest BCUT2D eigenvalue weighted by atomic mass is 9.84. The van der Waals surface area contributed by atoms with Crippen molar-refractivity contribution in [2.24, 2.45) is 5.73 Å². The Labute approximate surface area is 168 Å². The molecule has 0 spiro atoms. The average molecular weight is 394 g/mol. The van der Waals surface area contributed by atoms with Crippen molar-refractivity contribution in [3.05, 3.63) is 83.0 Å². The highest BCUT2D eigenvalue weighted by Crippen LogP contribution is 2.26. The number of hydrogen-bond donors (Lipinski definition) is 2. The number of nitrogens with two attached hydrogens (primary N) is 1. The first-order chi connectivity index (χ1) is 13.3. The number of nitrogens with zero attached hydrogens (tertiary/aromatic N) is 1. The van der Waals surface area contributed by atoms with Crippen LogP contribution in [0.3, 0.4) is 0 Å². The molecule has 0 atom stereocenters. The number of halogens is 1. The molecule has 6 heteroatoms. The van der Waals surface area contributed by atoms with E-state index >= 15 is 0 Å². The SMILES string of the molecule is CC(C)(C(N)=O)c1ccc(NC(=O)c2ccc(-c3ncccc3Cl)cc2)cc1. The zero-order chi connectivity index (χ0) is 20.3. The molecule has 3 rings (SSSR count). The third-order valence-corrected chi connectivity index (χ3v) is 4.96. The molecule has 0 bridgehead atoms. The van der Waals surface area contributed by atoms with Crippen molar-refractivity contribution >= 4 is 29.1 Å². The van der Waals surface area contributed by atoms with Crippen LogP contribution >= 0.6 is 11.6 Å². The number of carbonyl (C=O) groups is 2. The van der Waals surface area contributed by atoms with Crippen molar-refractivity contribution in [1.82, 2.24) is 4.98 Å². The van der Waals surface area contributed by atoms with Crippen LogP contribution in [0.25, 0.3) is 11.3 Å². The quantitative estimate of drug-likeness (QED) is 0.672. The normalized spacial score (nSPS) is 11.1. The monoisotopic (exact) mass is 393 g/mol. The summed E-state index contributed by atoms with van der Waals surface area (Å²) in [4.78, 5) is 28.3. The van der Waals surface area contributed by atoms with Gasteiger partial charge < -0.3 is 11.1 Å². The van der Waals surface area contributed by atoms with Crippen LogP contribution in [0.15, 0.2) is 66.9 Å². The smallest absolute Gasteiger partial charge is 0.255 e. The zero-order valence-corrected chi connectivity index (χ0v) is 16.3. The topological polar surface area (TPSA) is 85.1 Å². The van der Waals surface area contributed by atoms with Gasteiger partial charge in [-0.05, 0) is 55.8 Å². The fourth-order valence-electron chi connectivity index (χ4n) is 2.69. The summed E-state index contributed by atoms with van der Waals surface area (Å²) in [6.45, 7) is 3.52. The number of pyridine rings is 1. The molecule has 28 heavy (non-hydrogen) atoms. The molecule has 0 saturated carbocycles. The summed E-state index contributed by atoms with van der Waals surface area (Å²) in [5.74, 6) is -0.641. The molecule has 1 heterocycles. The van der Waals surface area contributed by atoms with Gasteiger partial charge in [-0.15, -0.1) is 0 Å². The van der Waals surface area contributed by atoms with Gasteiger partial charge in [-0.3, -0.25) is 14.6 Å². The molecular formula is C22H20ClN3O2. The number of primary amides is 1. The summed E-state index contributed by atoms with van der Waals surface area (Å²) in [7, 11) is 0. The Morgan fingerprint density at radius 2 is 1.64 bits per heavy atom.